The predicted molar refractivity (Wildman–Crippen MR) is 91.0 cm³/mol. The largest absolute Gasteiger partial charge is 0.359 e. The lowest BCUT2D eigenvalue weighted by atomic mass is 9.95. The van der Waals surface area contributed by atoms with Crippen LogP contribution in [0.1, 0.15) is 57.9 Å². The molecule has 3 rings (SSSR count). The van der Waals surface area contributed by atoms with E-state index in [1.807, 2.05) is 11.4 Å². The number of hydrogen-bond donors (Lipinski definition) is 2. The summed E-state index contributed by atoms with van der Waals surface area (Å²) < 4.78 is 5.38. The van der Waals surface area contributed by atoms with E-state index in [0.717, 1.165) is 54.9 Å². The number of rotatable bonds is 5. The summed E-state index contributed by atoms with van der Waals surface area (Å²) in [4.78, 5) is 13.6. The van der Waals surface area contributed by atoms with E-state index in [-0.39, 0.29) is 5.91 Å². The summed E-state index contributed by atoms with van der Waals surface area (Å²) in [5, 5.41) is 12.4. The molecule has 1 amide bonds. The average Bonchev–Trinajstić information content (AvgIpc) is 3.20. The summed E-state index contributed by atoms with van der Waals surface area (Å²) in [6.45, 7) is 6.58. The topological polar surface area (TPSA) is 67.2 Å². The summed E-state index contributed by atoms with van der Waals surface area (Å²) in [5.74, 6) is 1.15. The quantitative estimate of drug-likeness (QED) is 0.883. The third kappa shape index (κ3) is 3.64. The maximum atomic E-state index is 12.3. The van der Waals surface area contributed by atoms with Crippen molar-refractivity contribution in [2.24, 2.45) is 0 Å². The minimum Gasteiger partial charge on any atom is -0.359 e. The maximum absolute atomic E-state index is 12.3. The monoisotopic (exact) mass is 333 g/mol. The second kappa shape index (κ2) is 7.27. The van der Waals surface area contributed by atoms with Gasteiger partial charge in [0.1, 0.15) is 0 Å². The van der Waals surface area contributed by atoms with E-state index >= 15 is 0 Å². The van der Waals surface area contributed by atoms with Gasteiger partial charge >= 0.3 is 0 Å². The Morgan fingerprint density at radius 3 is 3.00 bits per heavy atom. The van der Waals surface area contributed by atoms with Crippen LogP contribution in [0.25, 0.3) is 0 Å². The third-order valence-corrected chi connectivity index (χ3v) is 5.41. The molecule has 0 unspecified atom stereocenters. The number of nitrogens with zero attached hydrogens (tertiary/aromatic N) is 1. The van der Waals surface area contributed by atoms with Crippen molar-refractivity contribution in [1.82, 2.24) is 15.8 Å². The molecular formula is C17H23N3O2S. The average molecular weight is 333 g/mol. The first-order valence-electron chi connectivity index (χ1n) is 8.20. The number of thiophene rings is 1. The van der Waals surface area contributed by atoms with Crippen LogP contribution in [0.3, 0.4) is 0 Å². The van der Waals surface area contributed by atoms with E-state index in [2.05, 4.69) is 29.6 Å². The summed E-state index contributed by atoms with van der Waals surface area (Å²) in [5.41, 5.74) is 2.94. The lowest BCUT2D eigenvalue weighted by Gasteiger charge is -2.19. The van der Waals surface area contributed by atoms with Gasteiger partial charge in [0.15, 0.2) is 5.76 Å². The summed E-state index contributed by atoms with van der Waals surface area (Å²) in [7, 11) is 0. The van der Waals surface area contributed by atoms with Crippen molar-refractivity contribution in [1.29, 1.82) is 0 Å². The van der Waals surface area contributed by atoms with Gasteiger partial charge in [-0.2, -0.15) is 0 Å². The zero-order valence-corrected chi connectivity index (χ0v) is 14.5. The molecular weight excluding hydrogens is 310 g/mol. The maximum Gasteiger partial charge on any atom is 0.252 e. The Morgan fingerprint density at radius 2 is 2.26 bits per heavy atom. The first kappa shape index (κ1) is 16.2. The normalized spacial score (nSPS) is 15.7. The fourth-order valence-corrected chi connectivity index (χ4v) is 4.03. The zero-order valence-electron chi connectivity index (χ0n) is 13.6. The Balaban J connectivity index is 1.59. The molecule has 5 nitrogen and oxygen atoms in total. The van der Waals surface area contributed by atoms with Crippen LogP contribution in [0.15, 0.2) is 16.0 Å². The number of amides is 1. The van der Waals surface area contributed by atoms with Crippen LogP contribution in [0.4, 0.5) is 0 Å². The number of piperidine rings is 1. The molecule has 0 saturated carbocycles. The molecule has 2 aromatic heterocycles. The Morgan fingerprint density at radius 1 is 1.48 bits per heavy atom. The molecule has 1 saturated heterocycles. The van der Waals surface area contributed by atoms with Gasteiger partial charge in [0.25, 0.3) is 5.91 Å². The molecule has 0 radical (unpaired) electrons. The minimum atomic E-state index is -0.0361. The molecule has 0 aromatic carbocycles. The van der Waals surface area contributed by atoms with Crippen molar-refractivity contribution >= 4 is 17.2 Å². The lowest BCUT2D eigenvalue weighted by molar-refractivity contribution is 0.0946. The van der Waals surface area contributed by atoms with Gasteiger partial charge in [0.05, 0.1) is 17.8 Å². The number of nitrogens with one attached hydrogen (secondary N) is 2. The van der Waals surface area contributed by atoms with Gasteiger partial charge in [0.2, 0.25) is 0 Å². The molecule has 2 N–H and O–H groups in total. The Kier molecular flexibility index (Phi) is 5.13. The Hall–Kier alpha value is -1.66. The van der Waals surface area contributed by atoms with Crippen LogP contribution < -0.4 is 10.6 Å². The molecule has 2 aromatic rings. The summed E-state index contributed by atoms with van der Waals surface area (Å²) in [6.07, 6.45) is 3.05. The van der Waals surface area contributed by atoms with E-state index in [1.165, 1.54) is 4.88 Å². The molecule has 6 heteroatoms. The minimum absolute atomic E-state index is 0.0361. The van der Waals surface area contributed by atoms with Crippen LogP contribution in [0.2, 0.25) is 0 Å². The van der Waals surface area contributed by atoms with Crippen LogP contribution >= 0.6 is 11.3 Å². The van der Waals surface area contributed by atoms with E-state index in [1.54, 1.807) is 11.3 Å². The molecule has 1 aliphatic rings. The van der Waals surface area contributed by atoms with Crippen molar-refractivity contribution < 1.29 is 9.32 Å². The van der Waals surface area contributed by atoms with Gasteiger partial charge in [-0.3, -0.25) is 4.79 Å². The van der Waals surface area contributed by atoms with Gasteiger partial charge in [-0.1, -0.05) is 12.1 Å². The molecule has 0 aliphatic carbocycles. The zero-order chi connectivity index (χ0) is 16.2. The number of carbonyl (C=O) groups is 1. The highest BCUT2D eigenvalue weighted by atomic mass is 32.1. The number of aryl methyl sites for hydroxylation is 1. The highest BCUT2D eigenvalue weighted by molar-refractivity contribution is 7.10. The highest BCUT2D eigenvalue weighted by Gasteiger charge is 2.20. The predicted octanol–water partition coefficient (Wildman–Crippen LogP) is 3.00. The van der Waals surface area contributed by atoms with E-state index in [4.69, 9.17) is 4.52 Å². The Bertz CT molecular complexity index is 671. The van der Waals surface area contributed by atoms with Gasteiger partial charge < -0.3 is 15.2 Å². The molecule has 124 valence electrons. The standard InChI is InChI=1S/C17H23N3O2S/c1-3-14-11(2)23-10-15(14)17(21)19-9-13-8-16(20-22-13)12-4-6-18-7-5-12/h8,10,12,18H,3-7,9H2,1-2H3,(H,19,21). The second-order valence-electron chi connectivity index (χ2n) is 5.96. The second-order valence-corrected chi connectivity index (χ2v) is 7.05. The van der Waals surface area contributed by atoms with E-state index < -0.39 is 0 Å². The van der Waals surface area contributed by atoms with Crippen molar-refractivity contribution in [3.63, 3.8) is 0 Å². The van der Waals surface area contributed by atoms with E-state index in [0.29, 0.717) is 12.5 Å². The fraction of sp³-hybridized carbons (Fsp3) is 0.529. The summed E-state index contributed by atoms with van der Waals surface area (Å²) in [6, 6.07) is 1.98. The van der Waals surface area contributed by atoms with Crippen molar-refractivity contribution in [3.8, 4) is 0 Å². The van der Waals surface area contributed by atoms with E-state index in [9.17, 15) is 4.79 Å². The van der Waals surface area contributed by atoms with Crippen molar-refractivity contribution in [2.45, 2.75) is 45.6 Å². The van der Waals surface area contributed by atoms with Gasteiger partial charge in [-0.15, -0.1) is 11.3 Å². The van der Waals surface area contributed by atoms with Crippen LogP contribution in [0, 0.1) is 6.92 Å². The van der Waals surface area contributed by atoms with Gasteiger partial charge in [-0.05, 0) is 44.8 Å². The highest BCUT2D eigenvalue weighted by Crippen LogP contribution is 2.25. The van der Waals surface area contributed by atoms with Crippen LogP contribution in [-0.2, 0) is 13.0 Å². The SMILES string of the molecule is CCc1c(C(=O)NCc2cc(C3CCNCC3)no2)csc1C. The Labute approximate surface area is 140 Å². The molecule has 23 heavy (non-hydrogen) atoms. The van der Waals surface area contributed by atoms with Crippen molar-refractivity contribution in [2.75, 3.05) is 13.1 Å². The van der Waals surface area contributed by atoms with Gasteiger partial charge in [-0.25, -0.2) is 0 Å². The molecule has 1 aliphatic heterocycles. The molecule has 3 heterocycles. The van der Waals surface area contributed by atoms with Gasteiger partial charge in [0, 0.05) is 22.2 Å². The summed E-state index contributed by atoms with van der Waals surface area (Å²) >= 11 is 1.63. The molecule has 0 atom stereocenters. The molecule has 0 spiro atoms. The smallest absolute Gasteiger partial charge is 0.252 e. The fourth-order valence-electron chi connectivity index (χ4n) is 3.09. The van der Waals surface area contributed by atoms with Crippen LogP contribution in [-0.4, -0.2) is 24.2 Å². The lowest BCUT2D eigenvalue weighted by Crippen LogP contribution is -2.26. The first-order valence-corrected chi connectivity index (χ1v) is 9.08. The third-order valence-electron chi connectivity index (χ3n) is 4.46. The van der Waals surface area contributed by atoms with Crippen LogP contribution in [0.5, 0.6) is 0 Å². The number of hydrogen-bond acceptors (Lipinski definition) is 5. The molecule has 1 fully saturated rings. The molecule has 0 bridgehead atoms. The number of aromatic nitrogens is 1. The number of carbonyl (C=O) groups excluding carboxylic acids is 1. The first-order chi connectivity index (χ1) is 11.2. The van der Waals surface area contributed by atoms with Crippen molar-refractivity contribution in [3.05, 3.63) is 38.9 Å².